The molecule has 3 N–H and O–H groups in total. The van der Waals surface area contributed by atoms with Gasteiger partial charge in [0.25, 0.3) is 5.56 Å². The first-order valence-corrected chi connectivity index (χ1v) is 14.1. The minimum absolute atomic E-state index is 0.0443. The molecule has 1 aromatic carbocycles. The summed E-state index contributed by atoms with van der Waals surface area (Å²) in [6, 6.07) is 2.92. The van der Waals surface area contributed by atoms with Crippen LogP contribution in [0.3, 0.4) is 0 Å². The van der Waals surface area contributed by atoms with Crippen LogP contribution in [0, 0.1) is 12.7 Å². The number of benzene rings is 1. The maximum Gasteiger partial charge on any atom is 0.343 e. The molecule has 1 aliphatic carbocycles. The van der Waals surface area contributed by atoms with Gasteiger partial charge in [-0.2, -0.15) is 0 Å². The van der Waals surface area contributed by atoms with Crippen LogP contribution in [-0.4, -0.2) is 39.1 Å². The highest BCUT2D eigenvalue weighted by Crippen LogP contribution is 2.46. The van der Waals surface area contributed by atoms with Crippen LogP contribution in [0.4, 0.5) is 4.39 Å². The monoisotopic (exact) mass is 546 g/mol. The molecule has 2 aromatic heterocycles. The van der Waals surface area contributed by atoms with E-state index in [1.807, 2.05) is 0 Å². The van der Waals surface area contributed by atoms with Crippen molar-refractivity contribution in [2.45, 2.75) is 83.2 Å². The summed E-state index contributed by atoms with van der Waals surface area (Å²) in [6.45, 7) is 4.35. The Kier molecular flexibility index (Phi) is 5.66. The van der Waals surface area contributed by atoms with Crippen LogP contribution in [0.5, 0.6) is 0 Å². The molecule has 9 nitrogen and oxygen atoms in total. The molecule has 0 bridgehead atoms. The standard InChI is InChI=1S/C30H31FN4O5/c1-3-30(39)19-10-23-27-17(12-35(23)28(37)18(19)13-40-29(30)38)26-21(33-24(36)9-15-5-4-8-32-15)7-6-16-14(2)20(31)11-22(34-27)25(16)26/h10-11,15,21,32,39H,3-9,12-13H2,1-2H3,(H,33,36)/t15-,21+,30+/m1/s1. The van der Waals surface area contributed by atoms with E-state index < -0.39 is 11.6 Å². The van der Waals surface area contributed by atoms with Crippen LogP contribution >= 0.6 is 0 Å². The number of carbonyl (C=O) groups excluding carboxylic acids is 2. The number of amides is 1. The molecule has 208 valence electrons. The van der Waals surface area contributed by atoms with E-state index >= 15 is 4.39 Å². The van der Waals surface area contributed by atoms with Crippen molar-refractivity contribution in [3.05, 3.63) is 61.7 Å². The average molecular weight is 547 g/mol. The van der Waals surface area contributed by atoms with Crippen molar-refractivity contribution in [1.29, 1.82) is 0 Å². The van der Waals surface area contributed by atoms with Crippen LogP contribution in [-0.2, 0) is 39.5 Å². The lowest BCUT2D eigenvalue weighted by Crippen LogP contribution is -2.44. The van der Waals surface area contributed by atoms with Crippen LogP contribution in [0.2, 0.25) is 0 Å². The number of halogens is 1. The Balaban J connectivity index is 1.41. The van der Waals surface area contributed by atoms with E-state index in [0.29, 0.717) is 41.7 Å². The Morgan fingerprint density at radius 2 is 2.10 bits per heavy atom. The number of aromatic nitrogens is 2. The summed E-state index contributed by atoms with van der Waals surface area (Å²) in [7, 11) is 0. The number of fused-ring (bicyclic) bond motifs is 5. The summed E-state index contributed by atoms with van der Waals surface area (Å²) in [4.78, 5) is 44.3. The zero-order valence-electron chi connectivity index (χ0n) is 22.5. The fourth-order valence-corrected chi connectivity index (χ4v) is 7.11. The highest BCUT2D eigenvalue weighted by molar-refractivity contribution is 5.94. The Bertz CT molecular complexity index is 1690. The second-order valence-electron chi connectivity index (χ2n) is 11.5. The van der Waals surface area contributed by atoms with E-state index in [-0.39, 0.29) is 60.1 Å². The molecule has 0 saturated carbocycles. The van der Waals surface area contributed by atoms with Crippen molar-refractivity contribution >= 4 is 22.8 Å². The zero-order valence-corrected chi connectivity index (χ0v) is 22.5. The van der Waals surface area contributed by atoms with E-state index in [9.17, 15) is 19.5 Å². The minimum Gasteiger partial charge on any atom is -0.458 e. The first-order valence-electron chi connectivity index (χ1n) is 14.1. The molecule has 1 saturated heterocycles. The van der Waals surface area contributed by atoms with Gasteiger partial charge in [-0.05, 0) is 68.3 Å². The third kappa shape index (κ3) is 3.51. The lowest BCUT2D eigenvalue weighted by Gasteiger charge is -2.31. The van der Waals surface area contributed by atoms with Crippen LogP contribution in [0.1, 0.15) is 78.5 Å². The van der Waals surface area contributed by atoms with Crippen LogP contribution < -0.4 is 16.2 Å². The van der Waals surface area contributed by atoms with Gasteiger partial charge in [0.05, 0.1) is 35.1 Å². The Hall–Kier alpha value is -3.63. The fourth-order valence-electron chi connectivity index (χ4n) is 7.11. The van der Waals surface area contributed by atoms with Gasteiger partial charge in [-0.15, -0.1) is 0 Å². The van der Waals surface area contributed by atoms with E-state index in [4.69, 9.17) is 9.72 Å². The number of nitrogens with zero attached hydrogens (tertiary/aromatic N) is 2. The van der Waals surface area contributed by atoms with Gasteiger partial charge in [0.15, 0.2) is 5.60 Å². The van der Waals surface area contributed by atoms with Crippen molar-refractivity contribution < 1.29 is 23.8 Å². The molecule has 3 aromatic rings. The predicted octanol–water partition coefficient (Wildman–Crippen LogP) is 2.77. The van der Waals surface area contributed by atoms with Gasteiger partial charge in [-0.25, -0.2) is 14.2 Å². The third-order valence-electron chi connectivity index (χ3n) is 9.31. The van der Waals surface area contributed by atoms with E-state index in [1.54, 1.807) is 24.5 Å². The van der Waals surface area contributed by atoms with Crippen molar-refractivity contribution in [3.8, 4) is 11.4 Å². The molecule has 1 amide bonds. The number of carbonyl (C=O) groups is 2. The molecular formula is C30H31FN4O5. The smallest absolute Gasteiger partial charge is 0.343 e. The summed E-state index contributed by atoms with van der Waals surface area (Å²) >= 11 is 0. The molecule has 5 heterocycles. The number of rotatable bonds is 4. The summed E-state index contributed by atoms with van der Waals surface area (Å²) < 4.78 is 21.8. The normalized spacial score (nSPS) is 24.4. The second-order valence-corrected chi connectivity index (χ2v) is 11.5. The molecule has 0 unspecified atom stereocenters. The van der Waals surface area contributed by atoms with Crippen molar-refractivity contribution in [2.24, 2.45) is 0 Å². The quantitative estimate of drug-likeness (QED) is 0.337. The molecule has 0 spiro atoms. The lowest BCUT2D eigenvalue weighted by molar-refractivity contribution is -0.172. The minimum atomic E-state index is -1.93. The topological polar surface area (TPSA) is 123 Å². The van der Waals surface area contributed by atoms with Gasteiger partial charge in [0.2, 0.25) is 5.91 Å². The molecule has 3 atom stereocenters. The third-order valence-corrected chi connectivity index (χ3v) is 9.31. The Labute approximate surface area is 229 Å². The van der Waals surface area contributed by atoms with Crippen LogP contribution in [0.15, 0.2) is 16.9 Å². The molecule has 10 heteroatoms. The molecule has 3 aliphatic heterocycles. The number of hydrogen-bond acceptors (Lipinski definition) is 7. The maximum absolute atomic E-state index is 15.1. The van der Waals surface area contributed by atoms with Gasteiger partial charge < -0.3 is 25.0 Å². The first-order chi connectivity index (χ1) is 19.2. The molecule has 0 radical (unpaired) electrons. The van der Waals surface area contributed by atoms with Crippen molar-refractivity contribution in [1.82, 2.24) is 20.2 Å². The highest BCUT2D eigenvalue weighted by Gasteiger charge is 2.46. The number of ether oxygens (including phenoxy) is 1. The maximum atomic E-state index is 15.1. The number of pyridine rings is 2. The van der Waals surface area contributed by atoms with Gasteiger partial charge in [0.1, 0.15) is 12.4 Å². The Morgan fingerprint density at radius 1 is 1.27 bits per heavy atom. The van der Waals surface area contributed by atoms with Gasteiger partial charge >= 0.3 is 5.97 Å². The first kappa shape index (κ1) is 25.3. The number of hydrogen-bond donors (Lipinski definition) is 3. The van der Waals surface area contributed by atoms with Gasteiger partial charge in [-0.3, -0.25) is 9.59 Å². The summed E-state index contributed by atoms with van der Waals surface area (Å²) in [5.41, 5.74) is 2.75. The number of aliphatic hydroxyl groups is 1. The Morgan fingerprint density at radius 3 is 2.85 bits per heavy atom. The largest absolute Gasteiger partial charge is 0.458 e. The predicted molar refractivity (Wildman–Crippen MR) is 144 cm³/mol. The summed E-state index contributed by atoms with van der Waals surface area (Å²) in [5, 5.41) is 18.6. The molecule has 4 aliphatic rings. The summed E-state index contributed by atoms with van der Waals surface area (Å²) in [6.07, 6.45) is 3.66. The van der Waals surface area contributed by atoms with E-state index in [1.165, 1.54) is 6.07 Å². The molecule has 40 heavy (non-hydrogen) atoms. The molecule has 7 rings (SSSR count). The zero-order chi connectivity index (χ0) is 27.9. The van der Waals surface area contributed by atoms with Crippen molar-refractivity contribution in [2.75, 3.05) is 6.54 Å². The SMILES string of the molecule is CC[C@@]1(O)C(=O)OCc2c1cc1n(c2=O)Cc2c-1nc1cc(F)c(C)c3c1c2[C@@H](NC(=O)C[C@H]1CCCN1)CC3. The average Bonchev–Trinajstić information content (AvgIpc) is 3.58. The molecular weight excluding hydrogens is 515 g/mol. The highest BCUT2D eigenvalue weighted by atomic mass is 19.1. The number of cyclic esters (lactones) is 1. The fraction of sp³-hybridized carbons (Fsp3) is 0.467. The molecule has 1 fully saturated rings. The number of nitrogens with one attached hydrogen (secondary N) is 2. The second kappa shape index (κ2) is 8.94. The van der Waals surface area contributed by atoms with Gasteiger partial charge in [0, 0.05) is 35.0 Å². The van der Waals surface area contributed by atoms with E-state index in [2.05, 4.69) is 10.6 Å². The number of esters is 1. The van der Waals surface area contributed by atoms with Crippen molar-refractivity contribution in [3.63, 3.8) is 0 Å². The lowest BCUT2D eigenvalue weighted by atomic mass is 9.81. The number of aryl methyl sites for hydroxylation is 1. The van der Waals surface area contributed by atoms with Crippen LogP contribution in [0.25, 0.3) is 22.3 Å². The summed E-state index contributed by atoms with van der Waals surface area (Å²) in [5.74, 6) is -1.18. The van der Waals surface area contributed by atoms with E-state index in [0.717, 1.165) is 41.5 Å². The van der Waals surface area contributed by atoms with Gasteiger partial charge in [-0.1, -0.05) is 6.92 Å².